The first-order valence-corrected chi connectivity index (χ1v) is 13.9. The maximum Gasteiger partial charge on any atom is 0.274 e. The standard InChI is InChI=1S/C29H35Cl2N5O4/c1-17-13-36(19(3)16-37)29(39)21-7-6-8-24(32-28(38)25-11-18(2)33-35(25)5)27(21)40-26(17)15-34(4)14-20-9-10-22(30)23(31)12-20/h6-12,17,19,26,37H,13-16H2,1-5H3,(H,32,38)/t17-,19-,26+/m0/s1. The molecule has 40 heavy (non-hydrogen) atoms. The Kier molecular flexibility index (Phi) is 9.41. The number of aliphatic hydroxyl groups excluding tert-OH is 1. The van der Waals surface area contributed by atoms with Crippen molar-refractivity contribution in [2.45, 2.75) is 39.5 Å². The second kappa shape index (κ2) is 12.6. The smallest absolute Gasteiger partial charge is 0.274 e. The van der Waals surface area contributed by atoms with E-state index in [1.165, 1.54) is 4.68 Å². The van der Waals surface area contributed by atoms with Gasteiger partial charge in [0.1, 0.15) is 11.8 Å². The fraction of sp³-hybridized carbons (Fsp3) is 0.414. The molecule has 9 nitrogen and oxygen atoms in total. The largest absolute Gasteiger partial charge is 0.486 e. The van der Waals surface area contributed by atoms with Crippen LogP contribution in [0.4, 0.5) is 5.69 Å². The molecule has 1 aromatic heterocycles. The predicted octanol–water partition coefficient (Wildman–Crippen LogP) is 4.64. The van der Waals surface area contributed by atoms with Gasteiger partial charge in [-0.05, 0) is 56.8 Å². The van der Waals surface area contributed by atoms with Crippen molar-refractivity contribution < 1.29 is 19.4 Å². The van der Waals surface area contributed by atoms with E-state index in [1.54, 1.807) is 42.3 Å². The van der Waals surface area contributed by atoms with Crippen LogP contribution in [0, 0.1) is 12.8 Å². The number of nitrogens with zero attached hydrogens (tertiary/aromatic N) is 4. The van der Waals surface area contributed by atoms with Gasteiger partial charge in [0.05, 0.1) is 39.6 Å². The number of rotatable bonds is 8. The van der Waals surface area contributed by atoms with Crippen LogP contribution in [0.25, 0.3) is 0 Å². The lowest BCUT2D eigenvalue weighted by atomic mass is 9.98. The van der Waals surface area contributed by atoms with E-state index >= 15 is 0 Å². The molecule has 0 spiro atoms. The number of para-hydroxylation sites is 1. The fourth-order valence-electron chi connectivity index (χ4n) is 4.89. The second-order valence-corrected chi connectivity index (χ2v) is 11.3. The number of halogens is 2. The highest BCUT2D eigenvalue weighted by molar-refractivity contribution is 6.42. The zero-order chi connectivity index (χ0) is 29.1. The lowest BCUT2D eigenvalue weighted by molar-refractivity contribution is 0.0343. The van der Waals surface area contributed by atoms with Gasteiger partial charge in [-0.2, -0.15) is 5.10 Å². The minimum atomic E-state index is -0.397. The number of likely N-dealkylation sites (N-methyl/N-ethyl adjacent to an activating group) is 1. The summed E-state index contributed by atoms with van der Waals surface area (Å²) in [5, 5.41) is 18.1. The number of carbonyl (C=O) groups excluding carboxylic acids is 2. The summed E-state index contributed by atoms with van der Waals surface area (Å²) in [6.07, 6.45) is -0.343. The summed E-state index contributed by atoms with van der Waals surface area (Å²) in [7, 11) is 3.68. The van der Waals surface area contributed by atoms with Crippen LogP contribution in [0.3, 0.4) is 0 Å². The van der Waals surface area contributed by atoms with Crippen LogP contribution in [0.2, 0.25) is 10.0 Å². The van der Waals surface area contributed by atoms with Crippen LogP contribution in [0.15, 0.2) is 42.5 Å². The van der Waals surface area contributed by atoms with E-state index < -0.39 is 6.04 Å². The number of nitrogens with one attached hydrogen (secondary N) is 1. The third-order valence-corrected chi connectivity index (χ3v) is 7.84. The Morgan fingerprint density at radius 2 is 2.00 bits per heavy atom. The van der Waals surface area contributed by atoms with Crippen LogP contribution in [-0.2, 0) is 13.6 Å². The lowest BCUT2D eigenvalue weighted by Gasteiger charge is -2.38. The maximum atomic E-state index is 13.7. The lowest BCUT2D eigenvalue weighted by Crippen LogP contribution is -2.49. The summed E-state index contributed by atoms with van der Waals surface area (Å²) in [5.74, 6) is -0.421. The monoisotopic (exact) mass is 587 g/mol. The molecule has 1 aliphatic heterocycles. The van der Waals surface area contributed by atoms with Gasteiger partial charge in [0.25, 0.3) is 11.8 Å². The molecule has 0 fully saturated rings. The van der Waals surface area contributed by atoms with Crippen molar-refractivity contribution in [3.8, 4) is 5.75 Å². The molecule has 3 atom stereocenters. The van der Waals surface area contributed by atoms with Crippen LogP contribution < -0.4 is 10.1 Å². The Labute approximate surface area is 244 Å². The molecule has 1 aliphatic rings. The van der Waals surface area contributed by atoms with Crippen molar-refractivity contribution in [3.05, 3.63) is 75.0 Å². The molecule has 0 aliphatic carbocycles. The third-order valence-electron chi connectivity index (χ3n) is 7.10. The normalized spacial score (nSPS) is 18.1. The number of benzene rings is 2. The van der Waals surface area contributed by atoms with Gasteiger partial charge in [0.2, 0.25) is 0 Å². The van der Waals surface area contributed by atoms with Gasteiger partial charge >= 0.3 is 0 Å². The number of aliphatic hydroxyl groups is 1. The zero-order valence-electron chi connectivity index (χ0n) is 23.3. The SMILES string of the molecule is Cc1cc(C(=O)Nc2cccc3c2O[C@H](CN(C)Cc2ccc(Cl)c(Cl)c2)[C@@H](C)CN([C@@H](C)CO)C3=O)n(C)n1. The number of anilines is 1. The van der Waals surface area contributed by atoms with Gasteiger partial charge in [-0.3, -0.25) is 19.2 Å². The minimum absolute atomic E-state index is 0.0918. The number of ether oxygens (including phenoxy) is 1. The van der Waals surface area contributed by atoms with E-state index in [0.717, 1.165) is 11.3 Å². The van der Waals surface area contributed by atoms with Crippen LogP contribution >= 0.6 is 23.2 Å². The first-order chi connectivity index (χ1) is 19.0. The summed E-state index contributed by atoms with van der Waals surface area (Å²) in [5.41, 5.74) is 2.81. The summed E-state index contributed by atoms with van der Waals surface area (Å²) < 4.78 is 8.11. The van der Waals surface area contributed by atoms with Gasteiger partial charge in [0.15, 0.2) is 5.75 Å². The molecule has 2 N–H and O–H groups in total. The van der Waals surface area contributed by atoms with Crippen LogP contribution in [-0.4, -0.2) is 75.4 Å². The second-order valence-electron chi connectivity index (χ2n) is 10.5. The molecule has 2 amide bonds. The van der Waals surface area contributed by atoms with Crippen molar-refractivity contribution in [2.24, 2.45) is 13.0 Å². The maximum absolute atomic E-state index is 13.7. The van der Waals surface area contributed by atoms with E-state index in [-0.39, 0.29) is 30.4 Å². The van der Waals surface area contributed by atoms with Crippen molar-refractivity contribution in [3.63, 3.8) is 0 Å². The average Bonchev–Trinajstić information content (AvgIpc) is 3.25. The van der Waals surface area contributed by atoms with Crippen molar-refractivity contribution in [1.29, 1.82) is 0 Å². The Bertz CT molecular complexity index is 1390. The van der Waals surface area contributed by atoms with Crippen molar-refractivity contribution in [1.82, 2.24) is 19.6 Å². The molecule has 2 heterocycles. The molecule has 0 unspecified atom stereocenters. The summed E-state index contributed by atoms with van der Waals surface area (Å²) in [6, 6.07) is 12.0. The molecule has 0 saturated carbocycles. The molecule has 0 saturated heterocycles. The number of fused-ring (bicyclic) bond motifs is 1. The number of hydrogen-bond donors (Lipinski definition) is 2. The fourth-order valence-corrected chi connectivity index (χ4v) is 5.21. The van der Waals surface area contributed by atoms with Crippen LogP contribution in [0.5, 0.6) is 5.75 Å². The van der Waals surface area contributed by atoms with E-state index in [1.807, 2.05) is 40.0 Å². The van der Waals surface area contributed by atoms with E-state index in [4.69, 9.17) is 27.9 Å². The van der Waals surface area contributed by atoms with Gasteiger partial charge in [-0.25, -0.2) is 0 Å². The summed E-state index contributed by atoms with van der Waals surface area (Å²) in [6.45, 7) is 7.00. The molecular formula is C29H35Cl2N5O4. The molecule has 0 bridgehead atoms. The van der Waals surface area contributed by atoms with Gasteiger partial charge in [-0.15, -0.1) is 0 Å². The highest BCUT2D eigenvalue weighted by Crippen LogP contribution is 2.35. The summed E-state index contributed by atoms with van der Waals surface area (Å²) in [4.78, 5) is 30.7. The Balaban J connectivity index is 1.67. The number of hydrogen-bond acceptors (Lipinski definition) is 6. The van der Waals surface area contributed by atoms with Crippen LogP contribution in [0.1, 0.15) is 46.0 Å². The Morgan fingerprint density at radius 1 is 1.25 bits per heavy atom. The minimum Gasteiger partial charge on any atom is -0.486 e. The molecule has 0 radical (unpaired) electrons. The van der Waals surface area contributed by atoms with E-state index in [2.05, 4.69) is 15.3 Å². The zero-order valence-corrected chi connectivity index (χ0v) is 24.8. The van der Waals surface area contributed by atoms with Gasteiger partial charge in [0, 0.05) is 32.6 Å². The van der Waals surface area contributed by atoms with Gasteiger partial charge in [-0.1, -0.05) is 42.3 Å². The van der Waals surface area contributed by atoms with Gasteiger partial charge < -0.3 is 20.1 Å². The molecule has 2 aromatic carbocycles. The molecular weight excluding hydrogens is 553 g/mol. The van der Waals surface area contributed by atoms with Crippen molar-refractivity contribution in [2.75, 3.05) is 32.1 Å². The first-order valence-electron chi connectivity index (χ1n) is 13.1. The Morgan fingerprint density at radius 3 is 2.65 bits per heavy atom. The average molecular weight is 589 g/mol. The topological polar surface area (TPSA) is 99.9 Å². The Hall–Kier alpha value is -3.11. The first kappa shape index (κ1) is 29.9. The quantitative estimate of drug-likeness (QED) is 0.398. The number of carbonyl (C=O) groups is 2. The number of aryl methyl sites for hydroxylation is 2. The van der Waals surface area contributed by atoms with Crippen molar-refractivity contribution >= 4 is 40.7 Å². The highest BCUT2D eigenvalue weighted by atomic mass is 35.5. The molecule has 4 rings (SSSR count). The molecule has 11 heteroatoms. The molecule has 3 aromatic rings. The number of amides is 2. The third kappa shape index (κ3) is 6.61. The van der Waals surface area contributed by atoms with E-state index in [9.17, 15) is 14.7 Å². The molecule has 214 valence electrons. The number of aromatic nitrogens is 2. The summed E-state index contributed by atoms with van der Waals surface area (Å²) >= 11 is 12.3. The highest BCUT2D eigenvalue weighted by Gasteiger charge is 2.34. The van der Waals surface area contributed by atoms with E-state index in [0.29, 0.717) is 52.4 Å². The predicted molar refractivity (Wildman–Crippen MR) is 156 cm³/mol.